The maximum atomic E-state index is 12.2. The largest absolute Gasteiger partial charge is 0.327 e. The zero-order valence-electron chi connectivity index (χ0n) is 10.6. The van der Waals surface area contributed by atoms with Crippen molar-refractivity contribution < 1.29 is 4.79 Å². The highest BCUT2D eigenvalue weighted by Crippen LogP contribution is 2.43. The van der Waals surface area contributed by atoms with Crippen molar-refractivity contribution in [1.82, 2.24) is 10.2 Å². The summed E-state index contributed by atoms with van der Waals surface area (Å²) in [7, 11) is 0. The third kappa shape index (κ3) is 2.54. The molecule has 0 saturated heterocycles. The van der Waals surface area contributed by atoms with Crippen LogP contribution in [0.2, 0.25) is 0 Å². The summed E-state index contributed by atoms with van der Waals surface area (Å²) in [6.07, 6.45) is 1.02. The summed E-state index contributed by atoms with van der Waals surface area (Å²) in [5.74, 6) is 0.319. The summed E-state index contributed by atoms with van der Waals surface area (Å²) >= 11 is 3.03. The van der Waals surface area contributed by atoms with E-state index >= 15 is 0 Å². The van der Waals surface area contributed by atoms with Gasteiger partial charge < -0.3 is 5.73 Å². The average Bonchev–Trinajstić information content (AvgIpc) is 2.76. The Hall–Kier alpha value is -1.31. The highest BCUT2D eigenvalue weighted by molar-refractivity contribution is 7.15. The number of nitrogens with one attached hydrogen (secondary N) is 1. The van der Waals surface area contributed by atoms with Gasteiger partial charge in [0, 0.05) is 21.7 Å². The number of anilines is 1. The SMILES string of the molecule is Cc1nnc(NC(=O)c2cc([C@@H]3C[C@H]3N)sc2C)s1. The van der Waals surface area contributed by atoms with E-state index in [-0.39, 0.29) is 11.9 Å². The van der Waals surface area contributed by atoms with Crippen LogP contribution in [0.4, 0.5) is 5.13 Å². The molecule has 5 nitrogen and oxygen atoms in total. The molecule has 0 radical (unpaired) electrons. The molecule has 1 fully saturated rings. The number of carbonyl (C=O) groups is 1. The fraction of sp³-hybridized carbons (Fsp3) is 0.417. The van der Waals surface area contributed by atoms with Gasteiger partial charge in [-0.1, -0.05) is 11.3 Å². The molecular weight excluding hydrogens is 280 g/mol. The Bertz CT molecular complexity index is 633. The molecule has 7 heteroatoms. The van der Waals surface area contributed by atoms with E-state index in [2.05, 4.69) is 15.5 Å². The second-order valence-corrected chi connectivity index (χ2v) is 7.17. The molecule has 1 aliphatic rings. The first-order chi connectivity index (χ1) is 9.04. The van der Waals surface area contributed by atoms with Gasteiger partial charge in [-0.3, -0.25) is 10.1 Å². The van der Waals surface area contributed by atoms with Crippen molar-refractivity contribution in [2.45, 2.75) is 32.2 Å². The van der Waals surface area contributed by atoms with Gasteiger partial charge >= 0.3 is 0 Å². The van der Waals surface area contributed by atoms with E-state index in [0.29, 0.717) is 16.6 Å². The van der Waals surface area contributed by atoms with E-state index < -0.39 is 0 Å². The minimum absolute atomic E-state index is 0.120. The van der Waals surface area contributed by atoms with Crippen molar-refractivity contribution in [3.05, 3.63) is 26.4 Å². The molecule has 2 aromatic rings. The van der Waals surface area contributed by atoms with E-state index in [1.165, 1.54) is 16.2 Å². The van der Waals surface area contributed by atoms with Crippen LogP contribution in [0.15, 0.2) is 6.07 Å². The number of hydrogen-bond donors (Lipinski definition) is 2. The smallest absolute Gasteiger partial charge is 0.258 e. The number of rotatable bonds is 3. The molecule has 2 atom stereocenters. The lowest BCUT2D eigenvalue weighted by molar-refractivity contribution is 0.102. The number of aryl methyl sites for hydroxylation is 2. The Morgan fingerprint density at radius 1 is 1.42 bits per heavy atom. The zero-order chi connectivity index (χ0) is 13.6. The molecule has 0 spiro atoms. The lowest BCUT2D eigenvalue weighted by atomic mass is 10.2. The van der Waals surface area contributed by atoms with Crippen LogP contribution < -0.4 is 11.1 Å². The maximum Gasteiger partial charge on any atom is 0.258 e. The van der Waals surface area contributed by atoms with E-state index in [0.717, 1.165) is 16.3 Å². The lowest BCUT2D eigenvalue weighted by Gasteiger charge is -1.99. The molecule has 100 valence electrons. The van der Waals surface area contributed by atoms with E-state index in [1.807, 2.05) is 19.9 Å². The Morgan fingerprint density at radius 2 is 2.16 bits per heavy atom. The van der Waals surface area contributed by atoms with Crippen LogP contribution >= 0.6 is 22.7 Å². The number of amides is 1. The van der Waals surface area contributed by atoms with Crippen LogP contribution in [0, 0.1) is 13.8 Å². The molecule has 3 N–H and O–H groups in total. The normalized spacial score (nSPS) is 21.4. The van der Waals surface area contributed by atoms with Crippen molar-refractivity contribution in [1.29, 1.82) is 0 Å². The number of aromatic nitrogens is 2. The first-order valence-electron chi connectivity index (χ1n) is 6.02. The van der Waals surface area contributed by atoms with Crippen molar-refractivity contribution in [2.24, 2.45) is 5.73 Å². The van der Waals surface area contributed by atoms with Gasteiger partial charge in [-0.25, -0.2) is 0 Å². The number of nitrogens with two attached hydrogens (primary N) is 1. The highest BCUT2D eigenvalue weighted by atomic mass is 32.1. The maximum absolute atomic E-state index is 12.2. The Labute approximate surface area is 118 Å². The topological polar surface area (TPSA) is 80.9 Å². The van der Waals surface area contributed by atoms with E-state index in [1.54, 1.807) is 11.3 Å². The average molecular weight is 294 g/mol. The standard InChI is InChI=1S/C12H14N4OS2/c1-5-7(4-10(18-5)8-3-9(8)13)11(17)14-12-16-15-6(2)19-12/h4,8-9H,3,13H2,1-2H3,(H,14,16,17)/t8-,9-/m1/s1. The molecule has 3 rings (SSSR count). The monoisotopic (exact) mass is 294 g/mol. The number of nitrogens with zero attached hydrogens (tertiary/aromatic N) is 2. The molecule has 0 unspecified atom stereocenters. The molecule has 19 heavy (non-hydrogen) atoms. The molecule has 2 heterocycles. The minimum atomic E-state index is -0.120. The fourth-order valence-electron chi connectivity index (χ4n) is 1.97. The lowest BCUT2D eigenvalue weighted by Crippen LogP contribution is -2.11. The van der Waals surface area contributed by atoms with Gasteiger partial charge in [0.2, 0.25) is 5.13 Å². The molecular formula is C12H14N4OS2. The van der Waals surface area contributed by atoms with Crippen LogP contribution in [0.1, 0.15) is 37.5 Å². The van der Waals surface area contributed by atoms with Gasteiger partial charge in [0.1, 0.15) is 5.01 Å². The van der Waals surface area contributed by atoms with Crippen LogP contribution in [0.3, 0.4) is 0 Å². The van der Waals surface area contributed by atoms with Crippen molar-refractivity contribution >= 4 is 33.7 Å². The van der Waals surface area contributed by atoms with Gasteiger partial charge in [0.05, 0.1) is 5.56 Å². The first kappa shape index (κ1) is 12.7. The molecule has 1 aliphatic carbocycles. The summed E-state index contributed by atoms with van der Waals surface area (Å²) in [6, 6.07) is 2.22. The van der Waals surface area contributed by atoms with Gasteiger partial charge in [0.25, 0.3) is 5.91 Å². The fourth-order valence-corrected chi connectivity index (χ4v) is 3.77. The summed E-state index contributed by atoms with van der Waals surface area (Å²) < 4.78 is 0. The van der Waals surface area contributed by atoms with Gasteiger partial charge in [-0.05, 0) is 26.3 Å². The highest BCUT2D eigenvalue weighted by Gasteiger charge is 2.36. The number of hydrogen-bond acceptors (Lipinski definition) is 6. The van der Waals surface area contributed by atoms with Crippen LogP contribution in [0.25, 0.3) is 0 Å². The first-order valence-corrected chi connectivity index (χ1v) is 7.65. The minimum Gasteiger partial charge on any atom is -0.327 e. The molecule has 0 aliphatic heterocycles. The summed E-state index contributed by atoms with van der Waals surface area (Å²) in [6.45, 7) is 3.82. The van der Waals surface area contributed by atoms with E-state index in [9.17, 15) is 4.79 Å². The Kier molecular flexibility index (Phi) is 3.12. The van der Waals surface area contributed by atoms with Crippen molar-refractivity contribution in [3.63, 3.8) is 0 Å². The van der Waals surface area contributed by atoms with Crippen molar-refractivity contribution in [2.75, 3.05) is 5.32 Å². The Balaban J connectivity index is 1.78. The summed E-state index contributed by atoms with van der Waals surface area (Å²) in [5.41, 5.74) is 6.56. The second-order valence-electron chi connectivity index (χ2n) is 4.71. The zero-order valence-corrected chi connectivity index (χ0v) is 12.3. The molecule has 2 aromatic heterocycles. The van der Waals surface area contributed by atoms with Crippen LogP contribution in [-0.4, -0.2) is 22.1 Å². The summed E-state index contributed by atoms with van der Waals surface area (Å²) in [5, 5.41) is 11.9. The number of carbonyl (C=O) groups excluding carboxylic acids is 1. The number of thiophene rings is 1. The van der Waals surface area contributed by atoms with Gasteiger partial charge in [-0.2, -0.15) is 0 Å². The van der Waals surface area contributed by atoms with Gasteiger partial charge in [-0.15, -0.1) is 21.5 Å². The van der Waals surface area contributed by atoms with E-state index in [4.69, 9.17) is 5.73 Å². The third-order valence-electron chi connectivity index (χ3n) is 3.13. The second kappa shape index (κ2) is 4.66. The molecule has 0 bridgehead atoms. The predicted molar refractivity (Wildman–Crippen MR) is 77.0 cm³/mol. The predicted octanol–water partition coefficient (Wildman–Crippen LogP) is 2.28. The molecule has 0 aromatic carbocycles. The Morgan fingerprint density at radius 3 is 2.74 bits per heavy atom. The van der Waals surface area contributed by atoms with Gasteiger partial charge in [0.15, 0.2) is 0 Å². The quantitative estimate of drug-likeness (QED) is 0.910. The summed E-state index contributed by atoms with van der Waals surface area (Å²) in [4.78, 5) is 14.4. The van der Waals surface area contributed by atoms with Crippen LogP contribution in [-0.2, 0) is 0 Å². The molecule has 1 saturated carbocycles. The molecule has 1 amide bonds. The van der Waals surface area contributed by atoms with Crippen LogP contribution in [0.5, 0.6) is 0 Å². The van der Waals surface area contributed by atoms with Crippen molar-refractivity contribution in [3.8, 4) is 0 Å². The third-order valence-corrected chi connectivity index (χ3v) is 5.07.